The molecule has 5 nitrogen and oxygen atoms in total. The van der Waals surface area contributed by atoms with E-state index in [0.29, 0.717) is 0 Å². The van der Waals surface area contributed by atoms with Gasteiger partial charge in [0.2, 0.25) is 5.91 Å². The van der Waals surface area contributed by atoms with Crippen molar-refractivity contribution < 1.29 is 19.1 Å². The summed E-state index contributed by atoms with van der Waals surface area (Å²) in [7, 11) is 0. The number of benzene rings is 1. The highest BCUT2D eigenvalue weighted by molar-refractivity contribution is 6.02. The molecular weight excluding hydrogens is 239 g/mol. The molecule has 4 N–H and O–H groups in total. The molecule has 0 spiro atoms. The number of rotatable bonds is 4. The van der Waals surface area contributed by atoms with Crippen LogP contribution in [0.25, 0.3) is 0 Å². The SMILES string of the molecule is CC(C)[C@H](N)C(=O)Nc1ccc(F)cc1C(=O)O. The summed E-state index contributed by atoms with van der Waals surface area (Å²) in [5.74, 6) is -2.58. The van der Waals surface area contributed by atoms with Gasteiger partial charge in [0.1, 0.15) is 5.82 Å². The molecule has 0 aliphatic carbocycles. The first kappa shape index (κ1) is 14.1. The molecule has 0 saturated heterocycles. The minimum absolute atomic E-state index is 0.0324. The van der Waals surface area contributed by atoms with Crippen LogP contribution in [0.4, 0.5) is 10.1 Å². The fraction of sp³-hybridized carbons (Fsp3) is 0.333. The first-order valence-corrected chi connectivity index (χ1v) is 5.42. The number of anilines is 1. The lowest BCUT2D eigenvalue weighted by Crippen LogP contribution is -2.40. The number of hydrogen-bond acceptors (Lipinski definition) is 3. The van der Waals surface area contributed by atoms with Crippen molar-refractivity contribution in [3.05, 3.63) is 29.6 Å². The summed E-state index contributed by atoms with van der Waals surface area (Å²) in [5, 5.41) is 11.3. The number of carbonyl (C=O) groups excluding carboxylic acids is 1. The minimum Gasteiger partial charge on any atom is -0.478 e. The zero-order valence-corrected chi connectivity index (χ0v) is 10.1. The lowest BCUT2D eigenvalue weighted by Gasteiger charge is -2.16. The second-order valence-electron chi connectivity index (χ2n) is 4.25. The highest BCUT2D eigenvalue weighted by atomic mass is 19.1. The Morgan fingerprint density at radius 3 is 2.50 bits per heavy atom. The molecule has 0 aromatic heterocycles. The number of amides is 1. The van der Waals surface area contributed by atoms with E-state index in [-0.39, 0.29) is 17.2 Å². The molecule has 98 valence electrons. The van der Waals surface area contributed by atoms with Crippen LogP contribution in [-0.2, 0) is 4.79 Å². The molecule has 0 bridgehead atoms. The van der Waals surface area contributed by atoms with Crippen LogP contribution < -0.4 is 11.1 Å². The molecule has 0 aliphatic rings. The lowest BCUT2D eigenvalue weighted by molar-refractivity contribution is -0.118. The van der Waals surface area contributed by atoms with Crippen molar-refractivity contribution in [2.75, 3.05) is 5.32 Å². The molecule has 6 heteroatoms. The van der Waals surface area contributed by atoms with Gasteiger partial charge in [0.25, 0.3) is 0 Å². The van der Waals surface area contributed by atoms with Gasteiger partial charge in [-0.05, 0) is 24.1 Å². The Bertz CT molecular complexity index is 474. The largest absolute Gasteiger partial charge is 0.478 e. The third-order valence-electron chi connectivity index (χ3n) is 2.49. The summed E-state index contributed by atoms with van der Waals surface area (Å²) in [5.41, 5.74) is 5.36. The summed E-state index contributed by atoms with van der Waals surface area (Å²) in [6.45, 7) is 3.54. The summed E-state index contributed by atoms with van der Waals surface area (Å²) >= 11 is 0. The molecule has 0 fully saturated rings. The van der Waals surface area contributed by atoms with Crippen molar-refractivity contribution in [1.29, 1.82) is 0 Å². The van der Waals surface area contributed by atoms with Gasteiger partial charge in [-0.3, -0.25) is 4.79 Å². The first-order chi connectivity index (χ1) is 8.32. The van der Waals surface area contributed by atoms with Crippen LogP contribution in [0, 0.1) is 11.7 Å². The van der Waals surface area contributed by atoms with Gasteiger partial charge in [0.05, 0.1) is 17.3 Å². The van der Waals surface area contributed by atoms with Crippen LogP contribution in [0.1, 0.15) is 24.2 Å². The Morgan fingerprint density at radius 2 is 2.00 bits per heavy atom. The lowest BCUT2D eigenvalue weighted by atomic mass is 10.0. The number of nitrogens with one attached hydrogen (secondary N) is 1. The van der Waals surface area contributed by atoms with Gasteiger partial charge < -0.3 is 16.2 Å². The number of carboxylic acids is 1. The molecule has 0 aliphatic heterocycles. The number of halogens is 1. The summed E-state index contributed by atoms with van der Waals surface area (Å²) in [6, 6.07) is 2.36. The molecule has 1 aromatic rings. The minimum atomic E-state index is -1.32. The monoisotopic (exact) mass is 254 g/mol. The van der Waals surface area contributed by atoms with Crippen LogP contribution >= 0.6 is 0 Å². The highest BCUT2D eigenvalue weighted by Crippen LogP contribution is 2.17. The van der Waals surface area contributed by atoms with Crippen LogP contribution in [0.15, 0.2) is 18.2 Å². The summed E-state index contributed by atoms with van der Waals surface area (Å²) in [4.78, 5) is 22.6. The van der Waals surface area contributed by atoms with E-state index in [4.69, 9.17) is 10.8 Å². The smallest absolute Gasteiger partial charge is 0.337 e. The molecule has 1 rings (SSSR count). The molecule has 18 heavy (non-hydrogen) atoms. The maximum Gasteiger partial charge on any atom is 0.337 e. The normalized spacial score (nSPS) is 12.3. The second kappa shape index (κ2) is 5.59. The Morgan fingerprint density at radius 1 is 1.39 bits per heavy atom. The predicted molar refractivity (Wildman–Crippen MR) is 64.8 cm³/mol. The first-order valence-electron chi connectivity index (χ1n) is 5.42. The molecule has 0 radical (unpaired) electrons. The van der Waals surface area contributed by atoms with E-state index in [1.54, 1.807) is 13.8 Å². The topological polar surface area (TPSA) is 92.4 Å². The number of nitrogens with two attached hydrogens (primary N) is 1. The third kappa shape index (κ3) is 3.27. The van der Waals surface area contributed by atoms with E-state index in [2.05, 4.69) is 5.32 Å². The second-order valence-corrected chi connectivity index (χ2v) is 4.25. The van der Waals surface area contributed by atoms with Crippen LogP contribution in [-0.4, -0.2) is 23.0 Å². The number of carboxylic acid groups (broad SMARTS) is 1. The van der Waals surface area contributed by atoms with Gasteiger partial charge in [0.15, 0.2) is 0 Å². The van der Waals surface area contributed by atoms with Crippen molar-refractivity contribution in [2.24, 2.45) is 11.7 Å². The third-order valence-corrected chi connectivity index (χ3v) is 2.49. The van der Waals surface area contributed by atoms with Crippen molar-refractivity contribution in [2.45, 2.75) is 19.9 Å². The van der Waals surface area contributed by atoms with Gasteiger partial charge in [-0.15, -0.1) is 0 Å². The molecule has 1 atom stereocenters. The van der Waals surface area contributed by atoms with Crippen LogP contribution in [0.3, 0.4) is 0 Å². The fourth-order valence-corrected chi connectivity index (χ4v) is 1.32. The van der Waals surface area contributed by atoms with Crippen molar-refractivity contribution >= 4 is 17.6 Å². The number of hydrogen-bond donors (Lipinski definition) is 3. The zero-order chi connectivity index (χ0) is 13.9. The van der Waals surface area contributed by atoms with Gasteiger partial charge in [0, 0.05) is 0 Å². The predicted octanol–water partition coefficient (Wildman–Crippen LogP) is 1.45. The van der Waals surface area contributed by atoms with E-state index in [1.807, 2.05) is 0 Å². The molecule has 0 heterocycles. The molecule has 0 unspecified atom stereocenters. The molecular formula is C12H15FN2O3. The average molecular weight is 254 g/mol. The van der Waals surface area contributed by atoms with E-state index < -0.39 is 23.7 Å². The van der Waals surface area contributed by atoms with E-state index in [0.717, 1.165) is 12.1 Å². The summed E-state index contributed by atoms with van der Waals surface area (Å²) in [6.07, 6.45) is 0. The van der Waals surface area contributed by atoms with Gasteiger partial charge in [-0.1, -0.05) is 13.8 Å². The Labute approximate surface area is 104 Å². The maximum absolute atomic E-state index is 12.9. The standard InChI is InChI=1S/C12H15FN2O3/c1-6(2)10(14)11(16)15-9-4-3-7(13)5-8(9)12(17)18/h3-6,10H,14H2,1-2H3,(H,15,16)(H,17,18)/t10-/m0/s1. The van der Waals surface area contributed by atoms with Gasteiger partial charge in [-0.25, -0.2) is 9.18 Å². The molecule has 1 amide bonds. The van der Waals surface area contributed by atoms with Gasteiger partial charge in [-0.2, -0.15) is 0 Å². The highest BCUT2D eigenvalue weighted by Gasteiger charge is 2.20. The van der Waals surface area contributed by atoms with Crippen molar-refractivity contribution in [3.63, 3.8) is 0 Å². The Hall–Kier alpha value is -1.95. The number of aromatic carboxylic acids is 1. The quantitative estimate of drug-likeness (QED) is 0.758. The molecule has 0 saturated carbocycles. The average Bonchev–Trinajstić information content (AvgIpc) is 2.29. The Kier molecular flexibility index (Phi) is 4.38. The van der Waals surface area contributed by atoms with E-state index in [1.165, 1.54) is 6.07 Å². The van der Waals surface area contributed by atoms with Crippen molar-refractivity contribution in [3.8, 4) is 0 Å². The fourth-order valence-electron chi connectivity index (χ4n) is 1.32. The van der Waals surface area contributed by atoms with E-state index >= 15 is 0 Å². The molecule has 1 aromatic carbocycles. The van der Waals surface area contributed by atoms with Crippen LogP contribution in [0.2, 0.25) is 0 Å². The Balaban J connectivity index is 2.98. The summed E-state index contributed by atoms with van der Waals surface area (Å²) < 4.78 is 12.9. The number of carbonyl (C=O) groups is 2. The van der Waals surface area contributed by atoms with Gasteiger partial charge >= 0.3 is 5.97 Å². The zero-order valence-electron chi connectivity index (χ0n) is 10.1. The van der Waals surface area contributed by atoms with Crippen LogP contribution in [0.5, 0.6) is 0 Å². The van der Waals surface area contributed by atoms with Crippen molar-refractivity contribution in [1.82, 2.24) is 0 Å². The maximum atomic E-state index is 12.9. The van der Waals surface area contributed by atoms with E-state index in [9.17, 15) is 14.0 Å².